The lowest BCUT2D eigenvalue weighted by Crippen LogP contribution is -2.28. The summed E-state index contributed by atoms with van der Waals surface area (Å²) < 4.78 is 0. The quantitative estimate of drug-likeness (QED) is 0.819. The van der Waals surface area contributed by atoms with E-state index >= 15 is 0 Å². The van der Waals surface area contributed by atoms with Crippen molar-refractivity contribution < 1.29 is 5.11 Å². The predicted molar refractivity (Wildman–Crippen MR) is 83.8 cm³/mol. The number of aliphatic hydroxyl groups excluding tert-OH is 1. The van der Waals surface area contributed by atoms with E-state index in [9.17, 15) is 5.11 Å². The van der Waals surface area contributed by atoms with Gasteiger partial charge in [-0.15, -0.1) is 6.58 Å². The number of fused-ring (bicyclic) bond motifs is 3. The first-order chi connectivity index (χ1) is 9.69. The van der Waals surface area contributed by atoms with Gasteiger partial charge in [-0.2, -0.15) is 0 Å². The molecule has 5 atom stereocenters. The highest BCUT2D eigenvalue weighted by Crippen LogP contribution is 2.56. The van der Waals surface area contributed by atoms with Gasteiger partial charge in [0.25, 0.3) is 0 Å². The normalized spacial score (nSPS) is 34.2. The van der Waals surface area contributed by atoms with Crippen LogP contribution in [0.2, 0.25) is 0 Å². The molecule has 2 heteroatoms. The Labute approximate surface area is 121 Å². The minimum atomic E-state index is 0.229. The molecule has 1 heterocycles. The van der Waals surface area contributed by atoms with Gasteiger partial charge in [-0.1, -0.05) is 36.4 Å². The second kappa shape index (κ2) is 5.10. The average molecular weight is 269 g/mol. The zero-order valence-corrected chi connectivity index (χ0v) is 12.0. The van der Waals surface area contributed by atoms with Crippen molar-refractivity contribution >= 4 is 5.69 Å². The van der Waals surface area contributed by atoms with E-state index in [1.807, 2.05) is 6.08 Å². The van der Waals surface area contributed by atoms with Gasteiger partial charge in [-0.3, -0.25) is 0 Å². The van der Waals surface area contributed by atoms with Gasteiger partial charge >= 0.3 is 0 Å². The van der Waals surface area contributed by atoms with Gasteiger partial charge in [0.05, 0.1) is 0 Å². The molecule has 1 fully saturated rings. The molecular formula is C18H23NO. The van der Waals surface area contributed by atoms with Crippen molar-refractivity contribution in [1.29, 1.82) is 0 Å². The van der Waals surface area contributed by atoms with Crippen molar-refractivity contribution in [3.05, 3.63) is 54.6 Å². The summed E-state index contributed by atoms with van der Waals surface area (Å²) in [5.74, 6) is 1.52. The summed E-state index contributed by atoms with van der Waals surface area (Å²) in [6.45, 7) is 10.4. The molecule has 3 rings (SSSR count). The number of hydrogen-bond donors (Lipinski definition) is 2. The second-order valence-corrected chi connectivity index (χ2v) is 6.19. The fourth-order valence-electron chi connectivity index (χ4n) is 4.43. The third-order valence-corrected chi connectivity index (χ3v) is 5.11. The van der Waals surface area contributed by atoms with Crippen LogP contribution in [0, 0.1) is 17.8 Å². The minimum Gasteiger partial charge on any atom is -0.396 e. The van der Waals surface area contributed by atoms with Crippen LogP contribution in [-0.4, -0.2) is 17.8 Å². The number of benzene rings is 1. The molecular weight excluding hydrogens is 246 g/mol. The third kappa shape index (κ3) is 1.82. The van der Waals surface area contributed by atoms with Crippen LogP contribution in [0.15, 0.2) is 49.1 Å². The fraction of sp³-hybridized carbons (Fsp3) is 0.444. The Morgan fingerprint density at radius 1 is 1.35 bits per heavy atom. The van der Waals surface area contributed by atoms with Gasteiger partial charge in [0, 0.05) is 30.2 Å². The first-order valence-corrected chi connectivity index (χ1v) is 7.41. The van der Waals surface area contributed by atoms with Crippen molar-refractivity contribution in [2.24, 2.45) is 17.8 Å². The Morgan fingerprint density at radius 2 is 2.10 bits per heavy atom. The van der Waals surface area contributed by atoms with E-state index in [-0.39, 0.29) is 12.5 Å². The number of nitrogens with one attached hydrogen (secondary N) is 1. The zero-order valence-electron chi connectivity index (χ0n) is 12.0. The van der Waals surface area contributed by atoms with Gasteiger partial charge in [0.1, 0.15) is 0 Å². The first-order valence-electron chi connectivity index (χ1n) is 7.41. The summed E-state index contributed by atoms with van der Waals surface area (Å²) in [4.78, 5) is 0. The lowest BCUT2D eigenvalue weighted by atomic mass is 9.81. The van der Waals surface area contributed by atoms with Crippen molar-refractivity contribution in [3.8, 4) is 0 Å². The number of anilines is 1. The van der Waals surface area contributed by atoms with E-state index in [0.29, 0.717) is 23.8 Å². The average Bonchev–Trinajstić information content (AvgIpc) is 2.93. The number of aliphatic hydroxyl groups is 1. The number of hydrogen-bond acceptors (Lipinski definition) is 2. The molecule has 0 radical (unpaired) electrons. The molecule has 1 aliphatic carbocycles. The lowest BCUT2D eigenvalue weighted by Gasteiger charge is -2.26. The Balaban J connectivity index is 2.05. The van der Waals surface area contributed by atoms with Crippen LogP contribution in [0.3, 0.4) is 0 Å². The minimum absolute atomic E-state index is 0.229. The highest BCUT2D eigenvalue weighted by atomic mass is 16.3. The second-order valence-electron chi connectivity index (χ2n) is 6.19. The lowest BCUT2D eigenvalue weighted by molar-refractivity contribution is 0.168. The van der Waals surface area contributed by atoms with E-state index in [4.69, 9.17) is 0 Å². The molecule has 0 spiro atoms. The molecule has 1 aromatic rings. The molecule has 20 heavy (non-hydrogen) atoms. The molecule has 106 valence electrons. The van der Waals surface area contributed by atoms with E-state index in [2.05, 4.69) is 49.7 Å². The van der Waals surface area contributed by atoms with E-state index in [1.54, 1.807) is 0 Å². The third-order valence-electron chi connectivity index (χ3n) is 5.11. The SMILES string of the molecule is C=CC[C@@H]1[C@H](CO)[C@@H](C(=C)C)[C@H]2Nc3ccccc3[C@@H]12. The standard InChI is InChI=1S/C18H23NO/c1-4-7-12-14(10-20)16(11(2)3)18-17(12)13-8-5-6-9-15(13)19-18/h4-6,8-9,12,14,16-20H,1-2,7,10H2,3H3/t12-,14+,16-,17-,18-/m1/s1. The molecule has 2 nitrogen and oxygen atoms in total. The summed E-state index contributed by atoms with van der Waals surface area (Å²) in [6.07, 6.45) is 2.94. The van der Waals surface area contributed by atoms with Crippen molar-refractivity contribution in [1.82, 2.24) is 0 Å². The molecule has 1 saturated carbocycles. The Hall–Kier alpha value is -1.54. The van der Waals surface area contributed by atoms with Gasteiger partial charge in [0.15, 0.2) is 0 Å². The topological polar surface area (TPSA) is 32.3 Å². The summed E-state index contributed by atoms with van der Waals surface area (Å²) in [7, 11) is 0. The van der Waals surface area contributed by atoms with Gasteiger partial charge in [-0.05, 0) is 36.8 Å². The summed E-state index contributed by atoms with van der Waals surface area (Å²) in [5.41, 5.74) is 3.82. The van der Waals surface area contributed by atoms with E-state index in [1.165, 1.54) is 16.8 Å². The highest BCUT2D eigenvalue weighted by molar-refractivity contribution is 5.61. The van der Waals surface area contributed by atoms with E-state index in [0.717, 1.165) is 6.42 Å². The van der Waals surface area contributed by atoms with Crippen LogP contribution < -0.4 is 5.32 Å². The highest BCUT2D eigenvalue weighted by Gasteiger charge is 2.53. The molecule has 0 bridgehead atoms. The molecule has 1 aliphatic heterocycles. The van der Waals surface area contributed by atoms with Crippen LogP contribution in [-0.2, 0) is 0 Å². The number of rotatable bonds is 4. The molecule has 2 N–H and O–H groups in total. The molecule has 1 aromatic carbocycles. The van der Waals surface area contributed by atoms with Crippen LogP contribution in [0.1, 0.15) is 24.8 Å². The van der Waals surface area contributed by atoms with Crippen LogP contribution in [0.25, 0.3) is 0 Å². The van der Waals surface area contributed by atoms with Gasteiger partial charge in [-0.25, -0.2) is 0 Å². The Morgan fingerprint density at radius 3 is 2.75 bits per heavy atom. The maximum absolute atomic E-state index is 9.88. The van der Waals surface area contributed by atoms with Crippen molar-refractivity contribution in [2.75, 3.05) is 11.9 Å². The first kappa shape index (κ1) is 13.4. The zero-order chi connectivity index (χ0) is 14.3. The maximum Gasteiger partial charge on any atom is 0.0468 e. The van der Waals surface area contributed by atoms with E-state index < -0.39 is 0 Å². The Kier molecular flexibility index (Phi) is 3.43. The van der Waals surface area contributed by atoms with Gasteiger partial charge < -0.3 is 10.4 Å². The Bertz CT molecular complexity index is 536. The smallest absolute Gasteiger partial charge is 0.0468 e. The number of allylic oxidation sites excluding steroid dienone is 1. The van der Waals surface area contributed by atoms with Crippen LogP contribution in [0.4, 0.5) is 5.69 Å². The number of para-hydroxylation sites is 1. The summed E-state index contributed by atoms with van der Waals surface area (Å²) in [6, 6.07) is 8.93. The molecule has 2 aliphatic rings. The maximum atomic E-state index is 9.88. The van der Waals surface area contributed by atoms with Crippen molar-refractivity contribution in [3.63, 3.8) is 0 Å². The fourth-order valence-corrected chi connectivity index (χ4v) is 4.43. The van der Waals surface area contributed by atoms with Crippen LogP contribution in [0.5, 0.6) is 0 Å². The predicted octanol–water partition coefficient (Wildman–Crippen LogP) is 3.57. The molecule has 0 aromatic heterocycles. The van der Waals surface area contributed by atoms with Gasteiger partial charge in [0.2, 0.25) is 0 Å². The molecule has 0 unspecified atom stereocenters. The summed E-state index contributed by atoms with van der Waals surface area (Å²) in [5, 5.41) is 13.6. The largest absolute Gasteiger partial charge is 0.396 e. The van der Waals surface area contributed by atoms with Crippen molar-refractivity contribution in [2.45, 2.75) is 25.3 Å². The molecule has 0 amide bonds. The molecule has 0 saturated heterocycles. The summed E-state index contributed by atoms with van der Waals surface area (Å²) >= 11 is 0. The monoisotopic (exact) mass is 269 g/mol. The van der Waals surface area contributed by atoms with Crippen LogP contribution >= 0.6 is 0 Å².